The standard InChI is InChI=1S/C14H14N4O/c1-11-5-2-3-6-12(11)7-10-17-14(19)18-13-15-8-4-9-16-13/h2-10H,1H3,(H2,15,16,17,18,19)/b10-7+. The van der Waals surface area contributed by atoms with Crippen molar-refractivity contribution in [2.45, 2.75) is 6.92 Å². The Morgan fingerprint density at radius 3 is 2.63 bits per heavy atom. The van der Waals surface area contributed by atoms with E-state index in [9.17, 15) is 4.79 Å². The second-order valence-electron chi connectivity index (χ2n) is 3.86. The van der Waals surface area contributed by atoms with Crippen molar-refractivity contribution in [1.82, 2.24) is 15.3 Å². The van der Waals surface area contributed by atoms with Crippen molar-refractivity contribution >= 4 is 18.1 Å². The van der Waals surface area contributed by atoms with E-state index >= 15 is 0 Å². The first-order valence-corrected chi connectivity index (χ1v) is 5.82. The largest absolute Gasteiger partial charge is 0.325 e. The Hall–Kier alpha value is -2.69. The molecule has 2 aromatic rings. The SMILES string of the molecule is Cc1ccccc1/C=C/NC(=O)Nc1ncccn1. The first-order valence-electron chi connectivity index (χ1n) is 5.82. The minimum atomic E-state index is -0.379. The summed E-state index contributed by atoms with van der Waals surface area (Å²) in [6.45, 7) is 2.01. The second kappa shape index (κ2) is 6.30. The number of aryl methyl sites for hydroxylation is 1. The van der Waals surface area contributed by atoms with Crippen LogP contribution in [-0.2, 0) is 0 Å². The molecule has 1 heterocycles. The van der Waals surface area contributed by atoms with Crippen LogP contribution in [-0.4, -0.2) is 16.0 Å². The van der Waals surface area contributed by atoms with E-state index in [0.717, 1.165) is 11.1 Å². The molecule has 5 heteroatoms. The Morgan fingerprint density at radius 2 is 1.89 bits per heavy atom. The summed E-state index contributed by atoms with van der Waals surface area (Å²) in [6.07, 6.45) is 6.54. The summed E-state index contributed by atoms with van der Waals surface area (Å²) in [6, 6.07) is 9.21. The molecule has 1 aromatic heterocycles. The number of aromatic nitrogens is 2. The van der Waals surface area contributed by atoms with Gasteiger partial charge in [0.05, 0.1) is 0 Å². The predicted octanol–water partition coefficient (Wildman–Crippen LogP) is 2.58. The topological polar surface area (TPSA) is 66.9 Å². The van der Waals surface area contributed by atoms with Crippen LogP contribution in [0.25, 0.3) is 6.08 Å². The van der Waals surface area contributed by atoms with Gasteiger partial charge in [0.1, 0.15) is 0 Å². The third kappa shape index (κ3) is 3.92. The number of hydrogen-bond donors (Lipinski definition) is 2. The van der Waals surface area contributed by atoms with Crippen LogP contribution in [0.3, 0.4) is 0 Å². The van der Waals surface area contributed by atoms with Crippen LogP contribution in [0.4, 0.5) is 10.7 Å². The van der Waals surface area contributed by atoms with Crippen LogP contribution >= 0.6 is 0 Å². The van der Waals surface area contributed by atoms with Gasteiger partial charge in [-0.1, -0.05) is 24.3 Å². The maximum atomic E-state index is 11.5. The number of rotatable bonds is 3. The highest BCUT2D eigenvalue weighted by atomic mass is 16.2. The van der Waals surface area contributed by atoms with E-state index in [0.29, 0.717) is 0 Å². The molecule has 2 amide bonds. The van der Waals surface area contributed by atoms with Crippen LogP contribution in [0.5, 0.6) is 0 Å². The number of carbonyl (C=O) groups is 1. The van der Waals surface area contributed by atoms with Gasteiger partial charge in [-0.05, 0) is 30.2 Å². The average molecular weight is 254 g/mol. The van der Waals surface area contributed by atoms with E-state index in [1.54, 1.807) is 24.7 Å². The molecule has 0 spiro atoms. The maximum absolute atomic E-state index is 11.5. The molecule has 2 rings (SSSR count). The normalized spacial score (nSPS) is 10.4. The van der Waals surface area contributed by atoms with Crippen LogP contribution < -0.4 is 10.6 Å². The lowest BCUT2D eigenvalue weighted by atomic mass is 10.1. The molecule has 0 radical (unpaired) electrons. The summed E-state index contributed by atoms with van der Waals surface area (Å²) in [5.74, 6) is 0.268. The third-order valence-corrected chi connectivity index (χ3v) is 2.46. The summed E-state index contributed by atoms with van der Waals surface area (Å²) in [4.78, 5) is 19.3. The highest BCUT2D eigenvalue weighted by molar-refractivity contribution is 5.88. The average Bonchev–Trinajstić information content (AvgIpc) is 2.42. The van der Waals surface area contributed by atoms with Crippen LogP contribution in [0.2, 0.25) is 0 Å². The summed E-state index contributed by atoms with van der Waals surface area (Å²) in [5.41, 5.74) is 2.20. The van der Waals surface area contributed by atoms with E-state index in [1.807, 2.05) is 37.3 Å². The molecule has 0 aliphatic carbocycles. The lowest BCUT2D eigenvalue weighted by Crippen LogP contribution is -2.24. The van der Waals surface area contributed by atoms with Gasteiger partial charge >= 0.3 is 6.03 Å². The van der Waals surface area contributed by atoms with Gasteiger partial charge in [0, 0.05) is 18.6 Å². The van der Waals surface area contributed by atoms with Crippen molar-refractivity contribution in [3.8, 4) is 0 Å². The Labute approximate surface area is 111 Å². The van der Waals surface area contributed by atoms with Gasteiger partial charge in [-0.25, -0.2) is 14.8 Å². The van der Waals surface area contributed by atoms with Gasteiger partial charge < -0.3 is 5.32 Å². The van der Waals surface area contributed by atoms with Crippen LogP contribution in [0, 0.1) is 6.92 Å². The van der Waals surface area contributed by atoms with E-state index in [1.165, 1.54) is 0 Å². The first kappa shape index (κ1) is 12.8. The minimum Gasteiger partial charge on any atom is -0.314 e. The van der Waals surface area contributed by atoms with Gasteiger partial charge in [-0.3, -0.25) is 5.32 Å². The molecular formula is C14H14N4O. The van der Waals surface area contributed by atoms with Gasteiger partial charge in [-0.15, -0.1) is 0 Å². The van der Waals surface area contributed by atoms with Crippen molar-refractivity contribution < 1.29 is 4.79 Å². The predicted molar refractivity (Wildman–Crippen MR) is 74.4 cm³/mol. The molecule has 0 aliphatic heterocycles. The molecular weight excluding hydrogens is 240 g/mol. The minimum absolute atomic E-state index is 0.268. The Kier molecular flexibility index (Phi) is 4.23. The van der Waals surface area contributed by atoms with Gasteiger partial charge in [0.15, 0.2) is 0 Å². The Balaban J connectivity index is 1.89. The zero-order chi connectivity index (χ0) is 13.5. The maximum Gasteiger partial charge on any atom is 0.325 e. The highest BCUT2D eigenvalue weighted by Crippen LogP contribution is 2.07. The van der Waals surface area contributed by atoms with E-state index in [2.05, 4.69) is 20.6 Å². The van der Waals surface area contributed by atoms with E-state index in [4.69, 9.17) is 0 Å². The van der Waals surface area contributed by atoms with Crippen molar-refractivity contribution in [2.24, 2.45) is 0 Å². The quantitative estimate of drug-likeness (QED) is 0.884. The first-order chi connectivity index (χ1) is 9.25. The molecule has 0 bridgehead atoms. The monoisotopic (exact) mass is 254 g/mol. The molecule has 96 valence electrons. The number of urea groups is 1. The van der Waals surface area contributed by atoms with Gasteiger partial charge in [0.25, 0.3) is 0 Å². The Morgan fingerprint density at radius 1 is 1.16 bits per heavy atom. The number of carbonyl (C=O) groups excluding carboxylic acids is 1. The molecule has 0 atom stereocenters. The number of nitrogens with one attached hydrogen (secondary N) is 2. The molecule has 19 heavy (non-hydrogen) atoms. The molecule has 0 unspecified atom stereocenters. The smallest absolute Gasteiger partial charge is 0.314 e. The molecule has 0 saturated carbocycles. The van der Waals surface area contributed by atoms with Crippen LogP contribution in [0.1, 0.15) is 11.1 Å². The van der Waals surface area contributed by atoms with E-state index in [-0.39, 0.29) is 12.0 Å². The molecule has 5 nitrogen and oxygen atoms in total. The molecule has 2 N–H and O–H groups in total. The molecule has 1 aromatic carbocycles. The van der Waals surface area contributed by atoms with Crippen molar-refractivity contribution in [2.75, 3.05) is 5.32 Å². The lowest BCUT2D eigenvalue weighted by molar-refractivity contribution is 0.255. The zero-order valence-electron chi connectivity index (χ0n) is 10.5. The van der Waals surface area contributed by atoms with Crippen LogP contribution in [0.15, 0.2) is 48.9 Å². The number of hydrogen-bond acceptors (Lipinski definition) is 3. The fourth-order valence-electron chi connectivity index (χ4n) is 1.48. The Bertz CT molecular complexity index is 581. The molecule has 0 fully saturated rings. The zero-order valence-corrected chi connectivity index (χ0v) is 10.5. The number of benzene rings is 1. The summed E-state index contributed by atoms with van der Waals surface area (Å²) < 4.78 is 0. The van der Waals surface area contributed by atoms with Crippen molar-refractivity contribution in [3.63, 3.8) is 0 Å². The summed E-state index contributed by atoms with van der Waals surface area (Å²) >= 11 is 0. The summed E-state index contributed by atoms with van der Waals surface area (Å²) in [5, 5.41) is 5.12. The van der Waals surface area contributed by atoms with Crippen molar-refractivity contribution in [1.29, 1.82) is 0 Å². The fourth-order valence-corrected chi connectivity index (χ4v) is 1.48. The summed E-state index contributed by atoms with van der Waals surface area (Å²) in [7, 11) is 0. The van der Waals surface area contributed by atoms with Crippen molar-refractivity contribution in [3.05, 3.63) is 60.1 Å². The second-order valence-corrected chi connectivity index (χ2v) is 3.86. The van der Waals surface area contributed by atoms with Gasteiger partial charge in [0.2, 0.25) is 5.95 Å². The number of anilines is 1. The lowest BCUT2D eigenvalue weighted by Gasteiger charge is -2.02. The molecule has 0 aliphatic rings. The number of amides is 2. The third-order valence-electron chi connectivity index (χ3n) is 2.46. The molecule has 0 saturated heterocycles. The van der Waals surface area contributed by atoms with E-state index < -0.39 is 0 Å². The van der Waals surface area contributed by atoms with Gasteiger partial charge in [-0.2, -0.15) is 0 Å². The fraction of sp³-hybridized carbons (Fsp3) is 0.0714. The number of nitrogens with zero attached hydrogens (tertiary/aromatic N) is 2. The highest BCUT2D eigenvalue weighted by Gasteiger charge is 1.99.